The molecule has 0 radical (unpaired) electrons. The summed E-state index contributed by atoms with van der Waals surface area (Å²) in [5, 5.41) is 10.5. The topological polar surface area (TPSA) is 12.4 Å². The van der Waals surface area contributed by atoms with Crippen molar-refractivity contribution in [3.05, 3.63) is 151 Å². The highest BCUT2D eigenvalue weighted by Crippen LogP contribution is 2.45. The van der Waals surface area contributed by atoms with E-state index in [-0.39, 0.29) is 5.41 Å². The van der Waals surface area contributed by atoms with Crippen molar-refractivity contribution in [3.8, 4) is 33.4 Å². The minimum Gasteiger partial charge on any atom is -0.289 e. The highest BCUT2D eigenvalue weighted by Gasteiger charge is 2.20. The van der Waals surface area contributed by atoms with E-state index in [1.807, 2.05) is 6.21 Å². The van der Waals surface area contributed by atoms with E-state index < -0.39 is 0 Å². The number of nitrogens with zero attached hydrogens (tertiary/aromatic N) is 1. The Kier molecular flexibility index (Phi) is 6.81. The molecule has 8 aromatic rings. The van der Waals surface area contributed by atoms with E-state index in [1.54, 1.807) is 0 Å². The molecule has 1 heterocycles. The van der Waals surface area contributed by atoms with Crippen LogP contribution < -0.4 is 0 Å². The predicted molar refractivity (Wildman–Crippen MR) is 213 cm³/mol. The van der Waals surface area contributed by atoms with Crippen LogP contribution in [0.2, 0.25) is 0 Å². The van der Waals surface area contributed by atoms with Gasteiger partial charge in [-0.2, -0.15) is 0 Å². The number of rotatable bonds is 4. The summed E-state index contributed by atoms with van der Waals surface area (Å²) >= 11 is 0. The standard InChI is InChI=1S/C48H39N/c1-30-12-13-38(29-49-30)31-14-16-34(17-15-31)44-28-45(35-20-18-33(19-21-35)41-11-7-9-32-8-5-6-10-40(32)41)43-25-23-37-27-39(48(2,3)4)26-36-22-24-42(44)47(43)46(36)37/h5-11,13-30H,12H2,1-4H3. The Morgan fingerprint density at radius 1 is 0.510 bits per heavy atom. The van der Waals surface area contributed by atoms with Crippen molar-refractivity contribution in [2.45, 2.75) is 45.6 Å². The summed E-state index contributed by atoms with van der Waals surface area (Å²) in [6.45, 7) is 9.08. The van der Waals surface area contributed by atoms with Crippen molar-refractivity contribution in [1.29, 1.82) is 0 Å². The Hall–Kier alpha value is -5.53. The first kappa shape index (κ1) is 29.6. The van der Waals surface area contributed by atoms with Crippen LogP contribution in [0.5, 0.6) is 0 Å². The summed E-state index contributed by atoms with van der Waals surface area (Å²) in [7, 11) is 0. The lowest BCUT2D eigenvalue weighted by molar-refractivity contribution is 0.591. The monoisotopic (exact) mass is 629 g/mol. The number of dihydropyridines is 1. The third-order valence-corrected chi connectivity index (χ3v) is 10.6. The molecule has 1 aliphatic heterocycles. The van der Waals surface area contributed by atoms with Crippen LogP contribution in [0.1, 0.15) is 45.2 Å². The first-order valence-electron chi connectivity index (χ1n) is 17.5. The molecule has 1 unspecified atom stereocenters. The number of hydrogen-bond acceptors (Lipinski definition) is 1. The number of hydrogen-bond donors (Lipinski definition) is 0. The number of aliphatic imine (C=N–C) groups is 1. The molecule has 0 aromatic heterocycles. The van der Waals surface area contributed by atoms with E-state index in [4.69, 9.17) is 0 Å². The molecule has 1 aliphatic rings. The molecule has 9 rings (SSSR count). The maximum atomic E-state index is 4.67. The lowest BCUT2D eigenvalue weighted by Gasteiger charge is -2.23. The Labute approximate surface area is 288 Å². The number of allylic oxidation sites excluding steroid dienone is 1. The first-order chi connectivity index (χ1) is 23.8. The molecule has 0 aliphatic carbocycles. The molecule has 0 fully saturated rings. The molecule has 0 spiro atoms. The Morgan fingerprint density at radius 2 is 1.08 bits per heavy atom. The van der Waals surface area contributed by atoms with Gasteiger partial charge in [0, 0.05) is 6.21 Å². The first-order valence-corrected chi connectivity index (χ1v) is 17.5. The average Bonchev–Trinajstić information content (AvgIpc) is 3.13. The molecule has 1 atom stereocenters. The third-order valence-electron chi connectivity index (χ3n) is 10.6. The molecule has 0 N–H and O–H groups in total. The zero-order valence-electron chi connectivity index (χ0n) is 28.6. The smallest absolute Gasteiger partial charge is 0.0506 e. The summed E-state index contributed by atoms with van der Waals surface area (Å²) in [6, 6.07) is 50.5. The highest BCUT2D eigenvalue weighted by atomic mass is 14.8. The fourth-order valence-electron chi connectivity index (χ4n) is 7.79. The largest absolute Gasteiger partial charge is 0.289 e. The zero-order valence-corrected chi connectivity index (χ0v) is 28.6. The van der Waals surface area contributed by atoms with Gasteiger partial charge in [-0.05, 0) is 118 Å². The van der Waals surface area contributed by atoms with Gasteiger partial charge in [-0.3, -0.25) is 4.99 Å². The molecule has 0 saturated heterocycles. The van der Waals surface area contributed by atoms with Gasteiger partial charge in [0.25, 0.3) is 0 Å². The van der Waals surface area contributed by atoms with Gasteiger partial charge in [-0.15, -0.1) is 0 Å². The van der Waals surface area contributed by atoms with Crippen molar-refractivity contribution in [3.63, 3.8) is 0 Å². The van der Waals surface area contributed by atoms with Gasteiger partial charge in [-0.25, -0.2) is 0 Å². The molecule has 0 bridgehead atoms. The van der Waals surface area contributed by atoms with E-state index in [1.165, 1.54) is 93.2 Å². The Morgan fingerprint density at radius 3 is 1.67 bits per heavy atom. The molecule has 236 valence electrons. The second kappa shape index (κ2) is 11.3. The van der Waals surface area contributed by atoms with E-state index in [2.05, 4.69) is 172 Å². The lowest BCUT2D eigenvalue weighted by Crippen LogP contribution is -2.10. The molecule has 49 heavy (non-hydrogen) atoms. The van der Waals surface area contributed by atoms with Crippen LogP contribution in [-0.4, -0.2) is 12.3 Å². The van der Waals surface area contributed by atoms with E-state index in [9.17, 15) is 0 Å². The van der Waals surface area contributed by atoms with Crippen LogP contribution in [0.4, 0.5) is 0 Å². The lowest BCUT2D eigenvalue weighted by atomic mass is 9.81. The minimum atomic E-state index is 0.0743. The van der Waals surface area contributed by atoms with Crippen molar-refractivity contribution >= 4 is 54.9 Å². The summed E-state index contributed by atoms with van der Waals surface area (Å²) in [5.41, 5.74) is 11.4. The maximum absolute atomic E-state index is 4.67. The van der Waals surface area contributed by atoms with Gasteiger partial charge in [-0.1, -0.05) is 154 Å². The third kappa shape index (κ3) is 5.04. The van der Waals surface area contributed by atoms with Crippen molar-refractivity contribution in [2.24, 2.45) is 4.99 Å². The highest BCUT2D eigenvalue weighted by molar-refractivity contribution is 6.28. The van der Waals surface area contributed by atoms with Gasteiger partial charge in [0.15, 0.2) is 0 Å². The van der Waals surface area contributed by atoms with Crippen LogP contribution in [0.15, 0.2) is 145 Å². The molecule has 1 nitrogen and oxygen atoms in total. The van der Waals surface area contributed by atoms with Crippen LogP contribution in [-0.2, 0) is 5.41 Å². The molecular formula is C48H39N. The fraction of sp³-hybridized carbons (Fsp3) is 0.146. The normalized spacial score (nSPS) is 15.1. The van der Waals surface area contributed by atoms with E-state index in [0.717, 1.165) is 6.42 Å². The van der Waals surface area contributed by atoms with Crippen molar-refractivity contribution in [2.75, 3.05) is 0 Å². The maximum Gasteiger partial charge on any atom is 0.0506 e. The SMILES string of the molecule is CC1CC=C(c2ccc(-c3cc(-c4ccc(-c5cccc6ccccc56)cc4)c4ccc5cc(C(C)(C)C)cc6ccc3c4c65)cc2)C=N1. The molecule has 0 saturated carbocycles. The Bertz CT molecular complexity index is 2570. The van der Waals surface area contributed by atoms with Gasteiger partial charge in [0.05, 0.1) is 6.04 Å². The second-order valence-electron chi connectivity index (χ2n) is 14.8. The minimum absolute atomic E-state index is 0.0743. The van der Waals surface area contributed by atoms with Gasteiger partial charge in [0.2, 0.25) is 0 Å². The average molecular weight is 630 g/mol. The number of fused-ring (bicyclic) bond motifs is 1. The van der Waals surface area contributed by atoms with Crippen molar-refractivity contribution in [1.82, 2.24) is 0 Å². The summed E-state index contributed by atoms with van der Waals surface area (Å²) in [6.07, 6.45) is 5.34. The number of benzene rings is 8. The van der Waals surface area contributed by atoms with Crippen LogP contribution >= 0.6 is 0 Å². The molecule has 0 amide bonds. The van der Waals surface area contributed by atoms with Crippen molar-refractivity contribution < 1.29 is 0 Å². The zero-order chi connectivity index (χ0) is 33.3. The molecule has 1 heteroatoms. The van der Waals surface area contributed by atoms with Crippen LogP contribution in [0, 0.1) is 0 Å². The summed E-state index contributed by atoms with van der Waals surface area (Å²) < 4.78 is 0. The molecule has 8 aromatic carbocycles. The summed E-state index contributed by atoms with van der Waals surface area (Å²) in [4.78, 5) is 4.67. The predicted octanol–water partition coefficient (Wildman–Crippen LogP) is 13.3. The Balaban J connectivity index is 1.25. The fourth-order valence-corrected chi connectivity index (χ4v) is 7.79. The molecular weight excluding hydrogens is 591 g/mol. The second-order valence-corrected chi connectivity index (χ2v) is 14.8. The van der Waals surface area contributed by atoms with Gasteiger partial charge < -0.3 is 0 Å². The van der Waals surface area contributed by atoms with Crippen LogP contribution in [0.25, 0.3) is 82.0 Å². The van der Waals surface area contributed by atoms with Gasteiger partial charge in [0.1, 0.15) is 0 Å². The summed E-state index contributed by atoms with van der Waals surface area (Å²) in [5.74, 6) is 0. The van der Waals surface area contributed by atoms with E-state index >= 15 is 0 Å². The van der Waals surface area contributed by atoms with Gasteiger partial charge >= 0.3 is 0 Å². The van der Waals surface area contributed by atoms with E-state index in [0.29, 0.717) is 6.04 Å². The quantitative estimate of drug-likeness (QED) is 0.172. The van der Waals surface area contributed by atoms with Crippen LogP contribution in [0.3, 0.4) is 0 Å².